The second-order valence-electron chi connectivity index (χ2n) is 5.15. The highest BCUT2D eigenvalue weighted by Gasteiger charge is 2.14. The summed E-state index contributed by atoms with van der Waals surface area (Å²) in [6.07, 6.45) is 0. The number of halogens is 1. The summed E-state index contributed by atoms with van der Waals surface area (Å²) in [4.78, 5) is 33.7. The molecule has 130 valence electrons. The number of nitrogens with zero attached hydrogens (tertiary/aromatic N) is 1. The molecule has 0 aliphatic carbocycles. The predicted molar refractivity (Wildman–Crippen MR) is 92.1 cm³/mol. The average Bonchev–Trinajstić information content (AvgIpc) is 2.58. The lowest BCUT2D eigenvalue weighted by molar-refractivity contribution is -0.385. The molecule has 2 rings (SSSR count). The molecule has 0 unspecified atom stereocenters. The van der Waals surface area contributed by atoms with Crippen LogP contribution in [0.3, 0.4) is 0 Å². The Morgan fingerprint density at radius 2 is 1.96 bits per heavy atom. The molecular formula is C17H15FN2O4S. The van der Waals surface area contributed by atoms with Gasteiger partial charge in [0.05, 0.1) is 10.7 Å². The van der Waals surface area contributed by atoms with E-state index in [4.69, 9.17) is 0 Å². The fraction of sp³-hybridized carbons (Fsp3) is 0.176. The van der Waals surface area contributed by atoms with Gasteiger partial charge >= 0.3 is 0 Å². The van der Waals surface area contributed by atoms with Gasteiger partial charge in [0, 0.05) is 28.6 Å². The topological polar surface area (TPSA) is 89.3 Å². The van der Waals surface area contributed by atoms with E-state index >= 15 is 0 Å². The summed E-state index contributed by atoms with van der Waals surface area (Å²) in [6.45, 7) is 1.36. The third kappa shape index (κ3) is 5.12. The van der Waals surface area contributed by atoms with Crippen LogP contribution in [0.15, 0.2) is 47.4 Å². The van der Waals surface area contributed by atoms with Crippen LogP contribution < -0.4 is 5.32 Å². The van der Waals surface area contributed by atoms with Gasteiger partial charge in [-0.2, -0.15) is 0 Å². The van der Waals surface area contributed by atoms with E-state index in [9.17, 15) is 24.1 Å². The lowest BCUT2D eigenvalue weighted by Gasteiger charge is -2.07. The van der Waals surface area contributed by atoms with E-state index < -0.39 is 10.7 Å². The number of nitro groups is 1. The standard InChI is InChI=1S/C17H15FN2O4S/c1-11(21)12-6-7-16(14(18)8-12)25-10-17(22)19-9-13-4-2-3-5-15(13)20(23)24/h2-8H,9-10H2,1H3,(H,19,22). The number of amides is 1. The monoisotopic (exact) mass is 362 g/mol. The van der Waals surface area contributed by atoms with Gasteiger partial charge < -0.3 is 5.32 Å². The molecule has 0 atom stereocenters. The SMILES string of the molecule is CC(=O)c1ccc(SCC(=O)NCc2ccccc2[N+](=O)[O-])c(F)c1. The number of hydrogen-bond acceptors (Lipinski definition) is 5. The maximum absolute atomic E-state index is 13.9. The quantitative estimate of drug-likeness (QED) is 0.353. The molecule has 1 N–H and O–H groups in total. The third-order valence-electron chi connectivity index (χ3n) is 3.36. The molecule has 1 amide bonds. The van der Waals surface area contributed by atoms with Gasteiger partial charge in [-0.15, -0.1) is 11.8 Å². The number of Topliss-reactive ketones (excluding diaryl/α,β-unsaturated/α-hetero) is 1. The number of ketones is 1. The first kappa shape index (κ1) is 18.6. The number of nitrogens with one attached hydrogen (secondary N) is 1. The zero-order valence-corrected chi connectivity index (χ0v) is 14.1. The van der Waals surface area contributed by atoms with Crippen molar-refractivity contribution in [2.45, 2.75) is 18.4 Å². The van der Waals surface area contributed by atoms with Gasteiger partial charge in [-0.25, -0.2) is 4.39 Å². The first-order valence-corrected chi connectivity index (χ1v) is 8.29. The smallest absolute Gasteiger partial charge is 0.274 e. The van der Waals surface area contributed by atoms with E-state index in [0.717, 1.165) is 17.8 Å². The van der Waals surface area contributed by atoms with Crippen molar-refractivity contribution in [3.63, 3.8) is 0 Å². The van der Waals surface area contributed by atoms with Crippen molar-refractivity contribution in [3.05, 3.63) is 69.5 Å². The number of carbonyl (C=O) groups is 2. The number of nitro benzene ring substituents is 1. The summed E-state index contributed by atoms with van der Waals surface area (Å²) in [5.41, 5.74) is 0.590. The molecule has 0 bridgehead atoms. The van der Waals surface area contributed by atoms with Crippen LogP contribution in [0.1, 0.15) is 22.8 Å². The Morgan fingerprint density at radius 1 is 1.24 bits per heavy atom. The molecule has 0 aliphatic rings. The van der Waals surface area contributed by atoms with E-state index in [1.807, 2.05) is 0 Å². The van der Waals surface area contributed by atoms with Gasteiger partial charge in [-0.3, -0.25) is 19.7 Å². The summed E-state index contributed by atoms with van der Waals surface area (Å²) in [5, 5.41) is 13.5. The van der Waals surface area contributed by atoms with E-state index in [1.54, 1.807) is 18.2 Å². The third-order valence-corrected chi connectivity index (χ3v) is 4.41. The number of thioether (sulfide) groups is 1. The Hall–Kier alpha value is -2.74. The molecule has 0 spiro atoms. The van der Waals surface area contributed by atoms with Crippen LogP contribution >= 0.6 is 11.8 Å². The van der Waals surface area contributed by atoms with Gasteiger partial charge in [0.15, 0.2) is 5.78 Å². The minimum absolute atomic E-state index is 0.0162. The molecule has 6 nitrogen and oxygen atoms in total. The molecule has 0 aliphatic heterocycles. The molecule has 0 saturated heterocycles. The number of para-hydroxylation sites is 1. The first-order chi connectivity index (χ1) is 11.9. The number of carbonyl (C=O) groups excluding carboxylic acids is 2. The Balaban J connectivity index is 1.91. The fourth-order valence-electron chi connectivity index (χ4n) is 2.06. The maximum Gasteiger partial charge on any atom is 0.274 e. The van der Waals surface area contributed by atoms with Gasteiger partial charge in [-0.1, -0.05) is 24.3 Å². The van der Waals surface area contributed by atoms with Gasteiger partial charge in [0.2, 0.25) is 5.91 Å². The van der Waals surface area contributed by atoms with Crippen LogP contribution in [0.2, 0.25) is 0 Å². The lowest BCUT2D eigenvalue weighted by atomic mass is 10.1. The van der Waals surface area contributed by atoms with Crippen molar-refractivity contribution < 1.29 is 18.9 Å². The Morgan fingerprint density at radius 3 is 2.60 bits per heavy atom. The molecule has 2 aromatic carbocycles. The molecule has 0 heterocycles. The van der Waals surface area contributed by atoms with Crippen LogP contribution in [-0.4, -0.2) is 22.4 Å². The Bertz CT molecular complexity index is 826. The maximum atomic E-state index is 13.9. The van der Waals surface area contributed by atoms with Crippen molar-refractivity contribution in [3.8, 4) is 0 Å². The van der Waals surface area contributed by atoms with Crippen LogP contribution in [0.25, 0.3) is 0 Å². The minimum Gasteiger partial charge on any atom is -0.351 e. The zero-order chi connectivity index (χ0) is 18.4. The highest BCUT2D eigenvalue weighted by molar-refractivity contribution is 8.00. The Labute approximate surface area is 147 Å². The summed E-state index contributed by atoms with van der Waals surface area (Å²) < 4.78 is 13.9. The average molecular weight is 362 g/mol. The van der Waals surface area contributed by atoms with E-state index in [0.29, 0.717) is 5.56 Å². The van der Waals surface area contributed by atoms with Crippen molar-refractivity contribution >= 4 is 29.1 Å². The molecular weight excluding hydrogens is 347 g/mol. The van der Waals surface area contributed by atoms with E-state index in [2.05, 4.69) is 5.32 Å². The van der Waals surface area contributed by atoms with Crippen molar-refractivity contribution in [2.24, 2.45) is 0 Å². The van der Waals surface area contributed by atoms with Crippen LogP contribution in [0, 0.1) is 15.9 Å². The van der Waals surface area contributed by atoms with Gasteiger partial charge in [0.1, 0.15) is 5.82 Å². The molecule has 0 radical (unpaired) electrons. The normalized spacial score (nSPS) is 10.3. The molecule has 25 heavy (non-hydrogen) atoms. The number of benzene rings is 2. The lowest BCUT2D eigenvalue weighted by Crippen LogP contribution is -2.25. The van der Waals surface area contributed by atoms with Crippen LogP contribution in [0.4, 0.5) is 10.1 Å². The molecule has 0 saturated carbocycles. The largest absolute Gasteiger partial charge is 0.351 e. The molecule has 8 heteroatoms. The van der Waals surface area contributed by atoms with Gasteiger partial charge in [0.25, 0.3) is 5.69 Å². The highest BCUT2D eigenvalue weighted by Crippen LogP contribution is 2.23. The zero-order valence-electron chi connectivity index (χ0n) is 13.3. The highest BCUT2D eigenvalue weighted by atomic mass is 32.2. The summed E-state index contributed by atoms with van der Waals surface area (Å²) in [5.74, 6) is -1.23. The van der Waals surface area contributed by atoms with Crippen LogP contribution in [0.5, 0.6) is 0 Å². The molecule has 0 aromatic heterocycles. The van der Waals surface area contributed by atoms with Crippen molar-refractivity contribution in [2.75, 3.05) is 5.75 Å². The Kier molecular flexibility index (Phi) is 6.24. The van der Waals surface area contributed by atoms with E-state index in [1.165, 1.54) is 25.1 Å². The minimum atomic E-state index is -0.566. The van der Waals surface area contributed by atoms with Crippen molar-refractivity contribution in [1.29, 1.82) is 0 Å². The molecule has 2 aromatic rings. The summed E-state index contributed by atoms with van der Waals surface area (Å²) >= 11 is 0.989. The number of hydrogen-bond donors (Lipinski definition) is 1. The molecule has 0 fully saturated rings. The van der Waals surface area contributed by atoms with E-state index in [-0.39, 0.29) is 40.1 Å². The first-order valence-electron chi connectivity index (χ1n) is 7.30. The summed E-state index contributed by atoms with van der Waals surface area (Å²) in [7, 11) is 0. The van der Waals surface area contributed by atoms with Crippen LogP contribution in [-0.2, 0) is 11.3 Å². The van der Waals surface area contributed by atoms with Crippen molar-refractivity contribution in [1.82, 2.24) is 5.32 Å². The number of rotatable bonds is 7. The second-order valence-corrected chi connectivity index (χ2v) is 6.17. The van der Waals surface area contributed by atoms with Gasteiger partial charge in [-0.05, 0) is 19.1 Å². The predicted octanol–water partition coefficient (Wildman–Crippen LogP) is 3.35. The second kappa shape index (κ2) is 8.39. The summed E-state index contributed by atoms with van der Waals surface area (Å²) in [6, 6.07) is 10.2. The fourth-order valence-corrected chi connectivity index (χ4v) is 2.81.